The van der Waals surface area contributed by atoms with Crippen LogP contribution >= 0.6 is 34.5 Å². The first-order valence-corrected chi connectivity index (χ1v) is 8.46. The van der Waals surface area contributed by atoms with Crippen LogP contribution in [0.2, 0.25) is 8.67 Å². The average Bonchev–Trinajstić information content (AvgIpc) is 2.79. The van der Waals surface area contributed by atoms with Gasteiger partial charge in [0, 0.05) is 5.56 Å². The van der Waals surface area contributed by atoms with Crippen molar-refractivity contribution in [1.29, 1.82) is 0 Å². The summed E-state index contributed by atoms with van der Waals surface area (Å²) in [5.41, 5.74) is 3.40. The Labute approximate surface area is 140 Å². The molecule has 114 valence electrons. The largest absolute Gasteiger partial charge is 0.497 e. The van der Waals surface area contributed by atoms with E-state index in [1.165, 1.54) is 22.5 Å². The highest BCUT2D eigenvalue weighted by molar-refractivity contribution is 7.20. The fraction of sp³-hybridized carbons (Fsp3) is 0.375. The van der Waals surface area contributed by atoms with E-state index in [2.05, 4.69) is 25.2 Å². The van der Waals surface area contributed by atoms with Crippen molar-refractivity contribution in [3.63, 3.8) is 0 Å². The number of thiophene rings is 1. The van der Waals surface area contributed by atoms with E-state index in [0.29, 0.717) is 4.34 Å². The molecule has 0 saturated heterocycles. The molecule has 2 aromatic rings. The second-order valence-corrected chi connectivity index (χ2v) is 7.17. The average molecular weight is 344 g/mol. The first-order valence-electron chi connectivity index (χ1n) is 6.89. The number of hydrogen-bond acceptors (Lipinski definition) is 3. The van der Waals surface area contributed by atoms with E-state index in [1.54, 1.807) is 7.11 Å². The van der Waals surface area contributed by atoms with Gasteiger partial charge < -0.3 is 10.1 Å². The van der Waals surface area contributed by atoms with Crippen molar-refractivity contribution in [2.45, 2.75) is 26.3 Å². The molecule has 0 saturated carbocycles. The van der Waals surface area contributed by atoms with Crippen LogP contribution in [0.5, 0.6) is 5.75 Å². The zero-order valence-corrected chi connectivity index (χ0v) is 14.7. The molecule has 1 aromatic heterocycles. The summed E-state index contributed by atoms with van der Waals surface area (Å²) in [6, 6.07) is 8.10. The molecule has 1 heterocycles. The summed E-state index contributed by atoms with van der Waals surface area (Å²) >= 11 is 13.9. The van der Waals surface area contributed by atoms with Crippen molar-refractivity contribution >= 4 is 34.5 Å². The lowest BCUT2D eigenvalue weighted by molar-refractivity contribution is 0.414. The normalized spacial score (nSPS) is 12.4. The van der Waals surface area contributed by atoms with E-state index in [0.717, 1.165) is 28.6 Å². The van der Waals surface area contributed by atoms with Gasteiger partial charge >= 0.3 is 0 Å². The Bertz CT molecular complexity index is 612. The van der Waals surface area contributed by atoms with Gasteiger partial charge in [0.25, 0.3) is 0 Å². The second kappa shape index (κ2) is 7.50. The van der Waals surface area contributed by atoms with E-state index >= 15 is 0 Å². The van der Waals surface area contributed by atoms with Gasteiger partial charge in [-0.3, -0.25) is 0 Å². The summed E-state index contributed by atoms with van der Waals surface area (Å²) in [5.74, 6) is 0.861. The number of aryl methyl sites for hydroxylation is 1. The molecular weight excluding hydrogens is 325 g/mol. The molecule has 0 aliphatic carbocycles. The van der Waals surface area contributed by atoms with Crippen molar-refractivity contribution in [2.75, 3.05) is 13.7 Å². The number of benzene rings is 1. The van der Waals surface area contributed by atoms with Crippen LogP contribution in [0.4, 0.5) is 0 Å². The van der Waals surface area contributed by atoms with Gasteiger partial charge in [-0.2, -0.15) is 0 Å². The number of nitrogens with one attached hydrogen (secondary N) is 1. The highest BCUT2D eigenvalue weighted by atomic mass is 35.5. The van der Waals surface area contributed by atoms with Crippen molar-refractivity contribution in [1.82, 2.24) is 5.32 Å². The van der Waals surface area contributed by atoms with Crippen LogP contribution in [0.25, 0.3) is 0 Å². The lowest BCUT2D eigenvalue weighted by Crippen LogP contribution is -2.23. The fourth-order valence-corrected chi connectivity index (χ4v) is 3.86. The van der Waals surface area contributed by atoms with Gasteiger partial charge in [-0.1, -0.05) is 36.2 Å². The number of halogens is 2. The Morgan fingerprint density at radius 3 is 2.52 bits per heavy atom. The molecule has 1 atom stereocenters. The number of ether oxygens (including phenoxy) is 1. The van der Waals surface area contributed by atoms with Gasteiger partial charge in [0.1, 0.15) is 5.75 Å². The molecule has 21 heavy (non-hydrogen) atoms. The molecule has 0 spiro atoms. The Hall–Kier alpha value is -0.740. The van der Waals surface area contributed by atoms with Crippen molar-refractivity contribution in [3.8, 4) is 5.75 Å². The molecular formula is C16H19Cl2NOS. The first-order chi connectivity index (χ1) is 10.1. The van der Waals surface area contributed by atoms with E-state index in [-0.39, 0.29) is 6.04 Å². The van der Waals surface area contributed by atoms with Gasteiger partial charge in [-0.15, -0.1) is 11.3 Å². The smallest absolute Gasteiger partial charge is 0.119 e. The van der Waals surface area contributed by atoms with Crippen LogP contribution in [0.3, 0.4) is 0 Å². The minimum Gasteiger partial charge on any atom is -0.497 e. The van der Waals surface area contributed by atoms with Crippen LogP contribution < -0.4 is 10.1 Å². The Morgan fingerprint density at radius 2 is 2.00 bits per heavy atom. The molecule has 0 aliphatic heterocycles. The molecule has 0 radical (unpaired) electrons. The van der Waals surface area contributed by atoms with Crippen LogP contribution in [-0.4, -0.2) is 13.7 Å². The molecule has 0 bridgehead atoms. The fourth-order valence-electron chi connectivity index (χ4n) is 2.32. The summed E-state index contributed by atoms with van der Waals surface area (Å²) in [6.45, 7) is 5.15. The maximum Gasteiger partial charge on any atom is 0.119 e. The quantitative estimate of drug-likeness (QED) is 0.751. The number of rotatable bonds is 6. The summed E-state index contributed by atoms with van der Waals surface area (Å²) in [4.78, 5) is 0. The molecule has 2 nitrogen and oxygen atoms in total. The predicted molar refractivity (Wildman–Crippen MR) is 92.2 cm³/mol. The number of hydrogen-bond donors (Lipinski definition) is 1. The number of methoxy groups -OCH3 is 1. The summed E-state index contributed by atoms with van der Waals surface area (Å²) in [6.07, 6.45) is 1.06. The third-order valence-electron chi connectivity index (χ3n) is 3.38. The third-order valence-corrected chi connectivity index (χ3v) is 4.90. The molecule has 1 unspecified atom stereocenters. The third kappa shape index (κ3) is 3.92. The van der Waals surface area contributed by atoms with Crippen molar-refractivity contribution in [3.05, 3.63) is 49.6 Å². The van der Waals surface area contributed by atoms with Crippen LogP contribution in [0.15, 0.2) is 24.3 Å². The Morgan fingerprint density at radius 1 is 1.24 bits per heavy atom. The molecule has 2 rings (SSSR count). The van der Waals surface area contributed by atoms with E-state index in [4.69, 9.17) is 27.9 Å². The maximum absolute atomic E-state index is 6.35. The van der Waals surface area contributed by atoms with E-state index in [9.17, 15) is 0 Å². The van der Waals surface area contributed by atoms with Crippen molar-refractivity contribution in [2.24, 2.45) is 0 Å². The lowest BCUT2D eigenvalue weighted by Gasteiger charge is -2.21. The zero-order chi connectivity index (χ0) is 15.4. The lowest BCUT2D eigenvalue weighted by atomic mass is 9.96. The summed E-state index contributed by atoms with van der Waals surface area (Å²) < 4.78 is 6.73. The summed E-state index contributed by atoms with van der Waals surface area (Å²) in [5, 5.41) is 3.56. The van der Waals surface area contributed by atoms with Gasteiger partial charge in [0.05, 0.1) is 21.8 Å². The molecule has 5 heteroatoms. The van der Waals surface area contributed by atoms with Crippen LogP contribution in [-0.2, 0) is 0 Å². The topological polar surface area (TPSA) is 21.3 Å². The maximum atomic E-state index is 6.35. The molecule has 0 fully saturated rings. The molecule has 0 aliphatic rings. The standard InChI is InChI=1S/C16H19Cl2NOS/c1-4-7-19-15(13-9-14(17)21-16(13)18)12-6-5-11(20-3)8-10(12)2/h5-6,8-9,15,19H,4,7H2,1-3H3. The highest BCUT2D eigenvalue weighted by Crippen LogP contribution is 2.38. The van der Waals surface area contributed by atoms with Gasteiger partial charge in [-0.05, 0) is 49.2 Å². The highest BCUT2D eigenvalue weighted by Gasteiger charge is 2.20. The predicted octanol–water partition coefficient (Wildman–Crippen LogP) is 5.46. The first kappa shape index (κ1) is 16.6. The zero-order valence-electron chi connectivity index (χ0n) is 12.4. The SMILES string of the molecule is CCCNC(c1ccc(OC)cc1C)c1cc(Cl)sc1Cl. The minimum atomic E-state index is 0.0482. The molecule has 1 N–H and O–H groups in total. The monoisotopic (exact) mass is 343 g/mol. The van der Waals surface area contributed by atoms with Gasteiger partial charge in [0.15, 0.2) is 0 Å². The van der Waals surface area contributed by atoms with E-state index in [1.807, 2.05) is 18.2 Å². The summed E-state index contributed by atoms with van der Waals surface area (Å²) in [7, 11) is 1.68. The minimum absolute atomic E-state index is 0.0482. The Balaban J connectivity index is 2.42. The van der Waals surface area contributed by atoms with Crippen molar-refractivity contribution < 1.29 is 4.74 Å². The second-order valence-electron chi connectivity index (χ2n) is 4.89. The molecule has 0 amide bonds. The van der Waals surface area contributed by atoms with Gasteiger partial charge in [-0.25, -0.2) is 0 Å². The van der Waals surface area contributed by atoms with Crippen LogP contribution in [0, 0.1) is 6.92 Å². The van der Waals surface area contributed by atoms with Gasteiger partial charge in [0.2, 0.25) is 0 Å². The molecule has 1 aromatic carbocycles. The Kier molecular flexibility index (Phi) is 5.94. The van der Waals surface area contributed by atoms with Crippen LogP contribution in [0.1, 0.15) is 36.1 Å². The van der Waals surface area contributed by atoms with E-state index < -0.39 is 0 Å².